The number of aryl methyl sites for hydroxylation is 2. The first-order valence-electron chi connectivity index (χ1n) is 10.1. The van der Waals surface area contributed by atoms with Crippen LogP contribution in [-0.4, -0.2) is 63.5 Å². The van der Waals surface area contributed by atoms with Crippen LogP contribution in [-0.2, 0) is 0 Å². The highest BCUT2D eigenvalue weighted by Gasteiger charge is 2.18. The van der Waals surface area contributed by atoms with Gasteiger partial charge >= 0.3 is 0 Å². The maximum Gasteiger partial charge on any atom is 0.178 e. The van der Waals surface area contributed by atoms with Crippen LogP contribution in [0.2, 0.25) is 0 Å². The summed E-state index contributed by atoms with van der Waals surface area (Å²) >= 11 is 0. The molecule has 148 valence electrons. The zero-order valence-electron chi connectivity index (χ0n) is 17.0. The van der Waals surface area contributed by atoms with E-state index in [1.165, 1.54) is 11.3 Å². The van der Waals surface area contributed by atoms with E-state index in [2.05, 4.69) is 68.5 Å². The summed E-state index contributed by atoms with van der Waals surface area (Å²) in [5, 5.41) is 16.2. The minimum Gasteiger partial charge on any atom is -0.369 e. The number of rotatable bonds is 6. The summed E-state index contributed by atoms with van der Waals surface area (Å²) in [7, 11) is 0. The maximum absolute atomic E-state index is 4.58. The summed E-state index contributed by atoms with van der Waals surface area (Å²) in [5.41, 5.74) is 3.45. The van der Waals surface area contributed by atoms with Crippen LogP contribution in [0.25, 0.3) is 5.65 Å². The molecule has 1 aliphatic rings. The molecule has 1 fully saturated rings. The fraction of sp³-hybridized carbons (Fsp3) is 0.476. The van der Waals surface area contributed by atoms with Crippen molar-refractivity contribution in [3.05, 3.63) is 47.8 Å². The van der Waals surface area contributed by atoms with Crippen LogP contribution in [0.3, 0.4) is 0 Å². The Hall–Kier alpha value is -2.67. The third-order valence-electron chi connectivity index (χ3n) is 5.43. The second-order valence-corrected chi connectivity index (χ2v) is 7.74. The summed E-state index contributed by atoms with van der Waals surface area (Å²) < 4.78 is 1.78. The summed E-state index contributed by atoms with van der Waals surface area (Å²) in [6, 6.07) is 13.1. The second-order valence-electron chi connectivity index (χ2n) is 7.74. The quantitative estimate of drug-likeness (QED) is 0.711. The lowest BCUT2D eigenvalue weighted by molar-refractivity contribution is 0.251. The maximum atomic E-state index is 4.58. The number of anilines is 2. The zero-order chi connectivity index (χ0) is 19.5. The van der Waals surface area contributed by atoms with Gasteiger partial charge in [0, 0.05) is 44.5 Å². The predicted molar refractivity (Wildman–Crippen MR) is 113 cm³/mol. The van der Waals surface area contributed by atoms with Crippen molar-refractivity contribution < 1.29 is 0 Å². The molecule has 1 N–H and O–H groups in total. The minimum atomic E-state index is 0.358. The van der Waals surface area contributed by atoms with Crippen molar-refractivity contribution in [3.63, 3.8) is 0 Å². The molecule has 0 spiro atoms. The Labute approximate surface area is 166 Å². The Balaban J connectivity index is 1.25. The van der Waals surface area contributed by atoms with Gasteiger partial charge in [0.05, 0.1) is 0 Å². The van der Waals surface area contributed by atoms with Gasteiger partial charge in [0.2, 0.25) is 0 Å². The first kappa shape index (κ1) is 18.7. The van der Waals surface area contributed by atoms with E-state index < -0.39 is 0 Å². The molecule has 0 amide bonds. The van der Waals surface area contributed by atoms with Gasteiger partial charge in [0.25, 0.3) is 0 Å². The normalized spacial score (nSPS) is 16.5. The molecule has 7 heteroatoms. The molecule has 3 heterocycles. The molecule has 28 heavy (non-hydrogen) atoms. The fourth-order valence-corrected chi connectivity index (χ4v) is 3.73. The van der Waals surface area contributed by atoms with Crippen molar-refractivity contribution in [1.29, 1.82) is 0 Å². The average molecular weight is 380 g/mol. The Morgan fingerprint density at radius 2 is 1.86 bits per heavy atom. The topological polar surface area (TPSA) is 61.6 Å². The van der Waals surface area contributed by atoms with E-state index in [0.717, 1.165) is 56.4 Å². The molecule has 7 nitrogen and oxygen atoms in total. The Morgan fingerprint density at radius 3 is 2.64 bits per heavy atom. The number of benzene rings is 1. The van der Waals surface area contributed by atoms with Gasteiger partial charge in [-0.05, 0) is 57.0 Å². The number of fused-ring (bicyclic) bond motifs is 1. The molecule has 2 aromatic heterocycles. The van der Waals surface area contributed by atoms with Gasteiger partial charge in [-0.3, -0.25) is 4.90 Å². The molecule has 0 bridgehead atoms. The van der Waals surface area contributed by atoms with Crippen molar-refractivity contribution in [2.45, 2.75) is 33.2 Å². The SMILES string of the molecule is Cc1cccc(N2CCN(CCC(C)Nc3ccc4nnc(C)n4n3)CC2)c1. The van der Waals surface area contributed by atoms with Crippen molar-refractivity contribution in [2.75, 3.05) is 42.9 Å². The number of aromatic nitrogens is 4. The van der Waals surface area contributed by atoms with E-state index in [-0.39, 0.29) is 0 Å². The van der Waals surface area contributed by atoms with E-state index in [1.54, 1.807) is 4.52 Å². The number of nitrogens with zero attached hydrogens (tertiary/aromatic N) is 6. The fourth-order valence-electron chi connectivity index (χ4n) is 3.73. The Morgan fingerprint density at radius 1 is 1.04 bits per heavy atom. The van der Waals surface area contributed by atoms with Crippen LogP contribution in [0.5, 0.6) is 0 Å². The lowest BCUT2D eigenvalue weighted by Gasteiger charge is -2.36. The van der Waals surface area contributed by atoms with Gasteiger partial charge in [-0.25, -0.2) is 0 Å². The number of nitrogens with one attached hydrogen (secondary N) is 1. The summed E-state index contributed by atoms with van der Waals surface area (Å²) in [6.45, 7) is 11.8. The van der Waals surface area contributed by atoms with Gasteiger partial charge in [0.1, 0.15) is 5.82 Å². The standard InChI is InChI=1S/C21H29N7/c1-16-5-4-6-19(15-16)27-13-11-26(12-14-27)10-9-17(2)22-20-7-8-21-24-23-18(3)28(21)25-20/h4-8,15,17H,9-14H2,1-3H3,(H,22,25). The van der Waals surface area contributed by atoms with Gasteiger partial charge in [-0.15, -0.1) is 15.3 Å². The molecule has 1 atom stereocenters. The van der Waals surface area contributed by atoms with Crippen molar-refractivity contribution in [2.24, 2.45) is 0 Å². The molecule has 3 aromatic rings. The molecular formula is C21H29N7. The second kappa shape index (κ2) is 8.14. The highest BCUT2D eigenvalue weighted by molar-refractivity contribution is 5.48. The number of hydrogen-bond donors (Lipinski definition) is 1. The van der Waals surface area contributed by atoms with Crippen LogP contribution < -0.4 is 10.2 Å². The lowest BCUT2D eigenvalue weighted by Crippen LogP contribution is -2.47. The molecule has 1 aliphatic heterocycles. The summed E-state index contributed by atoms with van der Waals surface area (Å²) in [4.78, 5) is 5.05. The minimum absolute atomic E-state index is 0.358. The largest absolute Gasteiger partial charge is 0.369 e. The summed E-state index contributed by atoms with van der Waals surface area (Å²) in [5.74, 6) is 1.67. The van der Waals surface area contributed by atoms with E-state index in [4.69, 9.17) is 0 Å². The van der Waals surface area contributed by atoms with Gasteiger partial charge in [0.15, 0.2) is 11.5 Å². The van der Waals surface area contributed by atoms with E-state index >= 15 is 0 Å². The van der Waals surface area contributed by atoms with E-state index in [9.17, 15) is 0 Å². The first-order chi connectivity index (χ1) is 13.6. The lowest BCUT2D eigenvalue weighted by atomic mass is 10.1. The smallest absolute Gasteiger partial charge is 0.178 e. The monoisotopic (exact) mass is 379 g/mol. The van der Waals surface area contributed by atoms with Crippen molar-refractivity contribution >= 4 is 17.2 Å². The highest BCUT2D eigenvalue weighted by atomic mass is 15.4. The van der Waals surface area contributed by atoms with Crippen LogP contribution in [0, 0.1) is 13.8 Å². The zero-order valence-corrected chi connectivity index (χ0v) is 17.0. The van der Waals surface area contributed by atoms with Gasteiger partial charge in [-0.2, -0.15) is 4.52 Å². The number of hydrogen-bond acceptors (Lipinski definition) is 6. The average Bonchev–Trinajstić information content (AvgIpc) is 3.07. The first-order valence-corrected chi connectivity index (χ1v) is 10.1. The van der Waals surface area contributed by atoms with Crippen LogP contribution in [0.4, 0.5) is 11.5 Å². The summed E-state index contributed by atoms with van der Waals surface area (Å²) in [6.07, 6.45) is 1.09. The molecule has 1 aromatic carbocycles. The van der Waals surface area contributed by atoms with E-state index in [0.29, 0.717) is 6.04 Å². The highest BCUT2D eigenvalue weighted by Crippen LogP contribution is 2.18. The predicted octanol–water partition coefficient (Wildman–Crippen LogP) is 2.75. The van der Waals surface area contributed by atoms with Gasteiger partial charge in [-0.1, -0.05) is 12.1 Å². The molecule has 0 radical (unpaired) electrons. The van der Waals surface area contributed by atoms with Crippen LogP contribution in [0.15, 0.2) is 36.4 Å². The van der Waals surface area contributed by atoms with E-state index in [1.807, 2.05) is 19.1 Å². The molecular weight excluding hydrogens is 350 g/mol. The van der Waals surface area contributed by atoms with Crippen molar-refractivity contribution in [3.8, 4) is 0 Å². The molecule has 0 saturated carbocycles. The molecule has 4 rings (SSSR count). The van der Waals surface area contributed by atoms with Crippen LogP contribution in [0.1, 0.15) is 24.7 Å². The van der Waals surface area contributed by atoms with Gasteiger partial charge < -0.3 is 10.2 Å². The third-order valence-corrected chi connectivity index (χ3v) is 5.43. The Kier molecular flexibility index (Phi) is 5.43. The van der Waals surface area contributed by atoms with Crippen LogP contribution >= 0.6 is 0 Å². The van der Waals surface area contributed by atoms with Crippen molar-refractivity contribution in [1.82, 2.24) is 24.7 Å². The number of piperazine rings is 1. The molecule has 1 saturated heterocycles. The Bertz CT molecular complexity index is 927. The molecule has 1 unspecified atom stereocenters. The third kappa shape index (κ3) is 4.25. The molecule has 0 aliphatic carbocycles.